The topological polar surface area (TPSA) is 76.2 Å². The molecule has 5 heteroatoms. The van der Waals surface area contributed by atoms with Crippen molar-refractivity contribution in [3.05, 3.63) is 40.8 Å². The number of nitrogen functional groups attached to an aromatic ring is 1. The van der Waals surface area contributed by atoms with Crippen LogP contribution < -0.4 is 11.4 Å². The number of hydrogen-bond acceptors (Lipinski definition) is 3. The summed E-state index contributed by atoms with van der Waals surface area (Å²) in [6.07, 6.45) is 0. The van der Waals surface area contributed by atoms with Crippen LogP contribution in [0, 0.1) is 0 Å². The largest absolute Gasteiger partial charge is 0.396 e. The van der Waals surface area contributed by atoms with E-state index < -0.39 is 0 Å². The fraction of sp³-hybridized carbons (Fsp3) is 0. The number of aromatic nitrogens is 3. The molecule has 0 amide bonds. The van der Waals surface area contributed by atoms with Crippen molar-refractivity contribution in [2.45, 2.75) is 0 Å². The summed E-state index contributed by atoms with van der Waals surface area (Å²) in [6, 6.07) is 9.35. The lowest BCUT2D eigenvalue weighted by atomic mass is 10.2. The molecule has 5 nitrogen and oxygen atoms in total. The summed E-state index contributed by atoms with van der Waals surface area (Å²) < 4.78 is 1.48. The maximum atomic E-state index is 11.5. The lowest BCUT2D eigenvalue weighted by Crippen LogP contribution is -2.10. The Morgan fingerprint density at radius 3 is 3.00 bits per heavy atom. The molecule has 3 N–H and O–H groups in total. The third kappa shape index (κ3) is 0.969. The van der Waals surface area contributed by atoms with E-state index >= 15 is 0 Å². The molecule has 0 unspecified atom stereocenters. The molecule has 0 saturated heterocycles. The molecular weight excluding hydrogens is 192 g/mol. The number of para-hydroxylation sites is 1. The number of hydrogen-bond donors (Lipinski definition) is 2. The van der Waals surface area contributed by atoms with E-state index in [4.69, 9.17) is 5.73 Å². The summed E-state index contributed by atoms with van der Waals surface area (Å²) in [5.41, 5.74) is 7.29. The zero-order chi connectivity index (χ0) is 10.4. The first-order valence-electron chi connectivity index (χ1n) is 4.52. The quantitative estimate of drug-likeness (QED) is 0.562. The first-order valence-corrected chi connectivity index (χ1v) is 4.52. The van der Waals surface area contributed by atoms with Gasteiger partial charge >= 0.3 is 5.69 Å². The molecule has 0 bridgehead atoms. The minimum absolute atomic E-state index is 0.270. The van der Waals surface area contributed by atoms with Gasteiger partial charge in [0.1, 0.15) is 0 Å². The molecule has 0 spiro atoms. The molecule has 3 rings (SSSR count). The van der Waals surface area contributed by atoms with Gasteiger partial charge in [0.2, 0.25) is 0 Å². The Morgan fingerprint density at radius 2 is 2.13 bits per heavy atom. The molecule has 0 saturated carbocycles. The van der Waals surface area contributed by atoms with Crippen LogP contribution in [-0.2, 0) is 0 Å². The van der Waals surface area contributed by atoms with Crippen LogP contribution in [0.1, 0.15) is 0 Å². The maximum absolute atomic E-state index is 11.5. The van der Waals surface area contributed by atoms with Crippen molar-refractivity contribution in [3.63, 3.8) is 0 Å². The van der Waals surface area contributed by atoms with Gasteiger partial charge in [-0.3, -0.25) is 0 Å². The summed E-state index contributed by atoms with van der Waals surface area (Å²) in [4.78, 5) is 11.5. The average molecular weight is 200 g/mol. The molecule has 0 aliphatic carbocycles. The number of nitrogens with one attached hydrogen (secondary N) is 1. The van der Waals surface area contributed by atoms with E-state index in [2.05, 4.69) is 10.2 Å². The Balaban J connectivity index is 2.74. The minimum Gasteiger partial charge on any atom is -0.396 e. The van der Waals surface area contributed by atoms with Crippen molar-refractivity contribution < 1.29 is 0 Å². The van der Waals surface area contributed by atoms with Crippen molar-refractivity contribution >= 4 is 22.2 Å². The molecule has 3 aromatic rings. The highest BCUT2D eigenvalue weighted by Crippen LogP contribution is 2.19. The van der Waals surface area contributed by atoms with Gasteiger partial charge in [-0.05, 0) is 12.1 Å². The van der Waals surface area contributed by atoms with Crippen molar-refractivity contribution in [2.24, 2.45) is 0 Å². The van der Waals surface area contributed by atoms with Crippen LogP contribution in [-0.4, -0.2) is 14.6 Å². The smallest absolute Gasteiger partial charge is 0.348 e. The predicted octanol–water partition coefficient (Wildman–Crippen LogP) is 0.758. The van der Waals surface area contributed by atoms with Gasteiger partial charge in [-0.2, -0.15) is 5.10 Å². The summed E-state index contributed by atoms with van der Waals surface area (Å²) in [5, 5.41) is 7.18. The van der Waals surface area contributed by atoms with Crippen LogP contribution in [0.25, 0.3) is 16.6 Å². The van der Waals surface area contributed by atoms with Crippen LogP contribution in [0.5, 0.6) is 0 Å². The van der Waals surface area contributed by atoms with Gasteiger partial charge in [-0.1, -0.05) is 18.2 Å². The normalized spacial score (nSPS) is 11.2. The van der Waals surface area contributed by atoms with Gasteiger partial charge in [0, 0.05) is 5.39 Å². The first-order chi connectivity index (χ1) is 7.27. The number of aromatic amines is 1. The Hall–Kier alpha value is -2.30. The lowest BCUT2D eigenvalue weighted by Gasteiger charge is -2.02. The number of fused-ring (bicyclic) bond motifs is 3. The molecule has 74 valence electrons. The fourth-order valence-corrected chi connectivity index (χ4v) is 1.76. The highest BCUT2D eigenvalue weighted by molar-refractivity contribution is 5.87. The third-order valence-corrected chi connectivity index (χ3v) is 2.42. The fourth-order valence-electron chi connectivity index (χ4n) is 1.76. The van der Waals surface area contributed by atoms with Gasteiger partial charge in [0.15, 0.2) is 5.65 Å². The molecule has 1 aromatic carbocycles. The molecule has 15 heavy (non-hydrogen) atoms. The van der Waals surface area contributed by atoms with Crippen LogP contribution in [0.3, 0.4) is 0 Å². The van der Waals surface area contributed by atoms with E-state index in [1.54, 1.807) is 0 Å². The average Bonchev–Trinajstić information content (AvgIpc) is 2.62. The number of nitrogens with two attached hydrogens (primary N) is 1. The van der Waals surface area contributed by atoms with Crippen molar-refractivity contribution in [2.75, 3.05) is 5.73 Å². The van der Waals surface area contributed by atoms with E-state index in [1.807, 2.05) is 30.3 Å². The third-order valence-electron chi connectivity index (χ3n) is 2.42. The number of anilines is 1. The molecule has 2 heterocycles. The predicted molar refractivity (Wildman–Crippen MR) is 57.7 cm³/mol. The Kier molecular flexibility index (Phi) is 1.39. The maximum Gasteiger partial charge on any atom is 0.348 e. The zero-order valence-electron chi connectivity index (χ0n) is 7.77. The second-order valence-corrected chi connectivity index (χ2v) is 3.35. The molecule has 2 aromatic heterocycles. The van der Waals surface area contributed by atoms with Gasteiger partial charge < -0.3 is 5.73 Å². The highest BCUT2D eigenvalue weighted by Gasteiger charge is 2.07. The van der Waals surface area contributed by atoms with E-state index in [9.17, 15) is 4.79 Å². The lowest BCUT2D eigenvalue weighted by molar-refractivity contribution is 1.04. The summed E-state index contributed by atoms with van der Waals surface area (Å²) in [5.74, 6) is 0. The second-order valence-electron chi connectivity index (χ2n) is 3.35. The molecular formula is C10H8N4O. The molecule has 0 aliphatic heterocycles. The van der Waals surface area contributed by atoms with Crippen molar-refractivity contribution in [3.8, 4) is 0 Å². The van der Waals surface area contributed by atoms with Crippen LogP contribution >= 0.6 is 0 Å². The van der Waals surface area contributed by atoms with Gasteiger partial charge in [-0.25, -0.2) is 14.3 Å². The summed E-state index contributed by atoms with van der Waals surface area (Å²) in [7, 11) is 0. The van der Waals surface area contributed by atoms with Crippen LogP contribution in [0.15, 0.2) is 35.1 Å². The SMILES string of the molecule is Nc1cc2ccccc2n2c(=O)[nH]nc12. The summed E-state index contributed by atoms with van der Waals surface area (Å²) in [6.45, 7) is 0. The minimum atomic E-state index is -0.270. The molecule has 0 aliphatic rings. The number of nitrogens with zero attached hydrogens (tertiary/aromatic N) is 2. The molecule has 0 atom stereocenters. The standard InChI is InChI=1S/C10H8N4O/c11-7-5-6-3-1-2-4-8(6)14-9(7)12-13-10(14)15/h1-5H,11H2,(H,13,15). The Morgan fingerprint density at radius 1 is 1.33 bits per heavy atom. The van der Waals surface area contributed by atoms with E-state index in [-0.39, 0.29) is 5.69 Å². The second kappa shape index (κ2) is 2.60. The van der Waals surface area contributed by atoms with E-state index in [0.717, 1.165) is 10.9 Å². The van der Waals surface area contributed by atoms with E-state index in [0.29, 0.717) is 11.3 Å². The first kappa shape index (κ1) is 8.05. The van der Waals surface area contributed by atoms with Gasteiger partial charge in [-0.15, -0.1) is 0 Å². The number of H-pyrrole nitrogens is 1. The summed E-state index contributed by atoms with van der Waals surface area (Å²) >= 11 is 0. The number of rotatable bonds is 0. The molecule has 0 fully saturated rings. The Labute approximate surface area is 84.1 Å². The highest BCUT2D eigenvalue weighted by atomic mass is 16.1. The van der Waals surface area contributed by atoms with Gasteiger partial charge in [0.05, 0.1) is 11.2 Å². The van der Waals surface area contributed by atoms with Gasteiger partial charge in [0.25, 0.3) is 0 Å². The van der Waals surface area contributed by atoms with E-state index in [1.165, 1.54) is 4.40 Å². The van der Waals surface area contributed by atoms with Crippen molar-refractivity contribution in [1.82, 2.24) is 14.6 Å². The number of pyridine rings is 1. The van der Waals surface area contributed by atoms with Crippen LogP contribution in [0.4, 0.5) is 5.69 Å². The van der Waals surface area contributed by atoms with Crippen LogP contribution in [0.2, 0.25) is 0 Å². The Bertz CT molecular complexity index is 710. The molecule has 0 radical (unpaired) electrons. The monoisotopic (exact) mass is 200 g/mol. The van der Waals surface area contributed by atoms with Crippen molar-refractivity contribution in [1.29, 1.82) is 0 Å². The number of benzene rings is 1. The zero-order valence-corrected chi connectivity index (χ0v) is 7.77.